The maximum atomic E-state index is 11.9. The number of hydrogen-bond acceptors (Lipinski definition) is 6. The second-order valence-electron chi connectivity index (χ2n) is 4.39. The Kier molecular flexibility index (Phi) is 5.86. The van der Waals surface area contributed by atoms with Crippen LogP contribution in [0.3, 0.4) is 0 Å². The van der Waals surface area contributed by atoms with Crippen LogP contribution in [0.15, 0.2) is 23.2 Å². The van der Waals surface area contributed by atoms with E-state index in [4.69, 9.17) is 5.84 Å². The molecule has 0 fully saturated rings. The van der Waals surface area contributed by atoms with Gasteiger partial charge < -0.3 is 10.7 Å². The molecule has 0 radical (unpaired) electrons. The second kappa shape index (κ2) is 7.17. The number of pyridine rings is 1. The molecule has 0 aromatic carbocycles. The van der Waals surface area contributed by atoms with Crippen molar-refractivity contribution in [1.29, 1.82) is 0 Å². The molecule has 0 saturated carbocycles. The highest BCUT2D eigenvalue weighted by Crippen LogP contribution is 2.09. The van der Waals surface area contributed by atoms with Gasteiger partial charge in [-0.05, 0) is 26.0 Å². The third-order valence-corrected chi connectivity index (χ3v) is 3.73. The number of nitrogens with two attached hydrogens (primary N) is 1. The number of carbonyl (C=O) groups excluding carboxylic acids is 1. The summed E-state index contributed by atoms with van der Waals surface area (Å²) >= 11 is 0. The van der Waals surface area contributed by atoms with Gasteiger partial charge in [0.15, 0.2) is 0 Å². The first-order valence-electron chi connectivity index (χ1n) is 6.07. The van der Waals surface area contributed by atoms with Gasteiger partial charge in [-0.3, -0.25) is 4.79 Å². The molecule has 20 heavy (non-hydrogen) atoms. The molecule has 0 atom stereocenters. The SMILES string of the molecule is CC(C)NC(=O)CCNS(=O)(=O)c1ccc(NN)nc1. The van der Waals surface area contributed by atoms with E-state index >= 15 is 0 Å². The predicted octanol–water partition coefficient (Wildman–Crippen LogP) is -0.440. The molecule has 0 aliphatic rings. The average Bonchev–Trinajstić information content (AvgIpc) is 2.37. The van der Waals surface area contributed by atoms with E-state index in [1.54, 1.807) is 0 Å². The Morgan fingerprint density at radius 1 is 1.40 bits per heavy atom. The zero-order valence-electron chi connectivity index (χ0n) is 11.4. The third-order valence-electron chi connectivity index (χ3n) is 2.29. The number of nitrogens with one attached hydrogen (secondary N) is 3. The van der Waals surface area contributed by atoms with Crippen LogP contribution in [0.1, 0.15) is 20.3 Å². The Labute approximate surface area is 118 Å². The molecule has 0 unspecified atom stereocenters. The topological polar surface area (TPSA) is 126 Å². The smallest absolute Gasteiger partial charge is 0.242 e. The van der Waals surface area contributed by atoms with E-state index in [2.05, 4.69) is 20.4 Å². The molecule has 1 rings (SSSR count). The summed E-state index contributed by atoms with van der Waals surface area (Å²) in [6.45, 7) is 3.69. The molecule has 1 amide bonds. The lowest BCUT2D eigenvalue weighted by atomic mass is 10.3. The van der Waals surface area contributed by atoms with Gasteiger partial charge in [-0.1, -0.05) is 0 Å². The van der Waals surface area contributed by atoms with Crippen LogP contribution in [0.4, 0.5) is 5.82 Å². The van der Waals surface area contributed by atoms with E-state index in [1.165, 1.54) is 18.3 Å². The van der Waals surface area contributed by atoms with E-state index < -0.39 is 10.0 Å². The van der Waals surface area contributed by atoms with Gasteiger partial charge in [0.2, 0.25) is 15.9 Å². The largest absolute Gasteiger partial charge is 0.354 e. The van der Waals surface area contributed by atoms with Crippen molar-refractivity contribution >= 4 is 21.7 Å². The number of rotatable bonds is 7. The molecule has 1 aromatic heterocycles. The fraction of sp³-hybridized carbons (Fsp3) is 0.455. The molecular formula is C11H19N5O3S. The summed E-state index contributed by atoms with van der Waals surface area (Å²) in [6.07, 6.45) is 1.26. The Hall–Kier alpha value is -1.71. The number of hydrazine groups is 1. The molecule has 8 nitrogen and oxygen atoms in total. The van der Waals surface area contributed by atoms with Crippen LogP contribution >= 0.6 is 0 Å². The fourth-order valence-electron chi connectivity index (χ4n) is 1.40. The lowest BCUT2D eigenvalue weighted by Crippen LogP contribution is -2.34. The zero-order chi connectivity index (χ0) is 15.2. The summed E-state index contributed by atoms with van der Waals surface area (Å²) in [5.74, 6) is 5.30. The van der Waals surface area contributed by atoms with Crippen LogP contribution in [0.25, 0.3) is 0 Å². The Morgan fingerprint density at radius 2 is 2.10 bits per heavy atom. The summed E-state index contributed by atoms with van der Waals surface area (Å²) < 4.78 is 26.1. The van der Waals surface area contributed by atoms with Crippen LogP contribution in [0.2, 0.25) is 0 Å². The monoisotopic (exact) mass is 301 g/mol. The van der Waals surface area contributed by atoms with Crippen molar-refractivity contribution in [3.63, 3.8) is 0 Å². The standard InChI is InChI=1S/C11H19N5O3S/c1-8(2)15-11(17)5-6-14-20(18,19)9-3-4-10(16-12)13-7-9/h3-4,7-8,14H,5-6,12H2,1-2H3,(H,13,16)(H,15,17). The lowest BCUT2D eigenvalue weighted by Gasteiger charge is -2.09. The van der Waals surface area contributed by atoms with Crippen molar-refractivity contribution < 1.29 is 13.2 Å². The maximum absolute atomic E-state index is 11.9. The van der Waals surface area contributed by atoms with Gasteiger partial charge in [0.1, 0.15) is 10.7 Å². The quantitative estimate of drug-likeness (QED) is 0.399. The molecular weight excluding hydrogens is 282 g/mol. The zero-order valence-corrected chi connectivity index (χ0v) is 12.2. The third kappa shape index (κ3) is 5.11. The van der Waals surface area contributed by atoms with E-state index in [0.29, 0.717) is 5.82 Å². The maximum Gasteiger partial charge on any atom is 0.242 e. The lowest BCUT2D eigenvalue weighted by molar-refractivity contribution is -0.121. The summed E-state index contributed by atoms with van der Waals surface area (Å²) in [7, 11) is -3.67. The van der Waals surface area contributed by atoms with Crippen LogP contribution in [-0.4, -0.2) is 31.9 Å². The van der Waals surface area contributed by atoms with Gasteiger partial charge in [-0.15, -0.1) is 0 Å². The van der Waals surface area contributed by atoms with Gasteiger partial charge >= 0.3 is 0 Å². The number of carbonyl (C=O) groups is 1. The highest BCUT2D eigenvalue weighted by atomic mass is 32.2. The van der Waals surface area contributed by atoms with Gasteiger partial charge in [-0.25, -0.2) is 24.0 Å². The summed E-state index contributed by atoms with van der Waals surface area (Å²) in [4.78, 5) is 15.2. The van der Waals surface area contributed by atoms with Gasteiger partial charge in [-0.2, -0.15) is 0 Å². The molecule has 1 heterocycles. The predicted molar refractivity (Wildman–Crippen MR) is 75.1 cm³/mol. The number of nitrogen functional groups attached to an aromatic ring is 1. The van der Waals surface area contributed by atoms with E-state index in [0.717, 1.165) is 0 Å². The first-order chi connectivity index (χ1) is 9.35. The number of sulfonamides is 1. The van der Waals surface area contributed by atoms with Crippen molar-refractivity contribution in [1.82, 2.24) is 15.0 Å². The second-order valence-corrected chi connectivity index (χ2v) is 6.16. The first-order valence-corrected chi connectivity index (χ1v) is 7.55. The highest BCUT2D eigenvalue weighted by Gasteiger charge is 2.14. The normalized spacial score (nSPS) is 11.4. The van der Waals surface area contributed by atoms with Crippen molar-refractivity contribution in [2.45, 2.75) is 31.2 Å². The minimum atomic E-state index is -3.67. The van der Waals surface area contributed by atoms with Crippen molar-refractivity contribution in [3.05, 3.63) is 18.3 Å². The van der Waals surface area contributed by atoms with Crippen molar-refractivity contribution in [3.8, 4) is 0 Å². The molecule has 0 saturated heterocycles. The average molecular weight is 301 g/mol. The molecule has 0 spiro atoms. The molecule has 1 aromatic rings. The molecule has 0 aliphatic carbocycles. The van der Waals surface area contributed by atoms with Gasteiger partial charge in [0.05, 0.1) is 0 Å². The molecule has 0 aliphatic heterocycles. The van der Waals surface area contributed by atoms with E-state index in [9.17, 15) is 13.2 Å². The highest BCUT2D eigenvalue weighted by molar-refractivity contribution is 7.89. The fourth-order valence-corrected chi connectivity index (χ4v) is 2.38. The minimum absolute atomic E-state index is 0.0146. The van der Waals surface area contributed by atoms with Crippen molar-refractivity contribution in [2.24, 2.45) is 5.84 Å². The van der Waals surface area contributed by atoms with Crippen LogP contribution in [-0.2, 0) is 14.8 Å². The first kappa shape index (κ1) is 16.3. The molecule has 0 bridgehead atoms. The van der Waals surface area contributed by atoms with Crippen LogP contribution in [0.5, 0.6) is 0 Å². The summed E-state index contributed by atoms with van der Waals surface area (Å²) in [5, 5.41) is 2.68. The molecule has 112 valence electrons. The van der Waals surface area contributed by atoms with E-state index in [1.807, 2.05) is 13.8 Å². The van der Waals surface area contributed by atoms with Crippen molar-refractivity contribution in [2.75, 3.05) is 12.0 Å². The van der Waals surface area contributed by atoms with Gasteiger partial charge in [0.25, 0.3) is 0 Å². The summed E-state index contributed by atoms with van der Waals surface area (Å²) in [6, 6.07) is 2.85. The molecule has 5 N–H and O–H groups in total. The Bertz CT molecular complexity index is 542. The number of amides is 1. The molecule has 9 heteroatoms. The Morgan fingerprint density at radius 3 is 2.60 bits per heavy atom. The van der Waals surface area contributed by atoms with Gasteiger partial charge in [0, 0.05) is 25.2 Å². The van der Waals surface area contributed by atoms with Crippen LogP contribution < -0.4 is 21.3 Å². The number of anilines is 1. The number of hydrogen-bond donors (Lipinski definition) is 4. The Balaban J connectivity index is 2.55. The minimum Gasteiger partial charge on any atom is -0.354 e. The van der Waals surface area contributed by atoms with E-state index in [-0.39, 0.29) is 29.8 Å². The number of aromatic nitrogens is 1. The number of nitrogens with zero attached hydrogens (tertiary/aromatic N) is 1. The summed E-state index contributed by atoms with van der Waals surface area (Å²) in [5.41, 5.74) is 2.30. The van der Waals surface area contributed by atoms with Crippen LogP contribution in [0, 0.1) is 0 Å².